The Kier molecular flexibility index (Phi) is 4.97. The number of hydrogen-bond acceptors (Lipinski definition) is 3. The number of aryl methyl sites for hydroxylation is 3. The second-order valence-corrected chi connectivity index (χ2v) is 8.58. The Labute approximate surface area is 186 Å². The molecule has 2 aromatic heterocycles. The molecule has 1 aliphatic heterocycles. The number of hydrogen-bond donors (Lipinski definition) is 0. The molecule has 0 bridgehead atoms. The second kappa shape index (κ2) is 7.83. The number of benzene rings is 2. The summed E-state index contributed by atoms with van der Waals surface area (Å²) in [5.74, 6) is -0.372. The number of nitrogens with zero attached hydrogens (tertiary/aromatic N) is 3. The Bertz CT molecular complexity index is 1350. The molecule has 4 nitrogen and oxygen atoms in total. The highest BCUT2D eigenvalue weighted by molar-refractivity contribution is 6.15. The van der Waals surface area contributed by atoms with E-state index in [2.05, 4.69) is 11.1 Å². The zero-order valence-corrected chi connectivity index (χ0v) is 18.4. The lowest BCUT2D eigenvalue weighted by Crippen LogP contribution is -2.42. The molecule has 2 aromatic carbocycles. The zero-order valence-electron chi connectivity index (χ0n) is 18.4. The quantitative estimate of drug-likeness (QED) is 0.394. The van der Waals surface area contributed by atoms with E-state index in [-0.39, 0.29) is 17.8 Å². The van der Waals surface area contributed by atoms with Gasteiger partial charge in [-0.3, -0.25) is 9.78 Å². The number of halogens is 1. The van der Waals surface area contributed by atoms with Crippen molar-refractivity contribution in [3.63, 3.8) is 0 Å². The van der Waals surface area contributed by atoms with Crippen molar-refractivity contribution in [1.82, 2.24) is 9.97 Å². The van der Waals surface area contributed by atoms with E-state index in [1.54, 1.807) is 18.3 Å². The maximum Gasteiger partial charge on any atom is 0.259 e. The minimum Gasteiger partial charge on any atom is -0.305 e. The normalized spacial score (nSPS) is 15.6. The van der Waals surface area contributed by atoms with Gasteiger partial charge in [-0.25, -0.2) is 9.37 Å². The van der Waals surface area contributed by atoms with Gasteiger partial charge in [0.2, 0.25) is 0 Å². The Balaban J connectivity index is 1.74. The molecular weight excluding hydrogens is 401 g/mol. The fourth-order valence-electron chi connectivity index (χ4n) is 4.66. The van der Waals surface area contributed by atoms with Gasteiger partial charge in [0.1, 0.15) is 5.82 Å². The smallest absolute Gasteiger partial charge is 0.259 e. The molecule has 160 valence electrons. The van der Waals surface area contributed by atoms with Crippen LogP contribution in [0.25, 0.3) is 22.3 Å². The average molecular weight is 426 g/mol. The summed E-state index contributed by atoms with van der Waals surface area (Å²) in [6.07, 6.45) is 3.27. The van der Waals surface area contributed by atoms with Crippen LogP contribution >= 0.6 is 0 Å². The lowest BCUT2D eigenvalue weighted by atomic mass is 9.94. The van der Waals surface area contributed by atoms with E-state index in [0.29, 0.717) is 11.3 Å². The first-order valence-corrected chi connectivity index (χ1v) is 10.9. The van der Waals surface area contributed by atoms with Crippen LogP contribution in [-0.4, -0.2) is 21.9 Å². The van der Waals surface area contributed by atoms with Gasteiger partial charge in [0, 0.05) is 23.3 Å². The number of carbonyl (C=O) groups is 1. The van der Waals surface area contributed by atoms with E-state index in [9.17, 15) is 9.18 Å². The van der Waals surface area contributed by atoms with Crippen molar-refractivity contribution in [2.45, 2.75) is 39.7 Å². The standard InChI is InChI=1S/C27H24FN3O/c1-16-12-17(2)26-21(13-16)22(15-24(30-26)23-6-4-5-11-29-23)27(32)31-18(3)7-8-19-14-20(28)9-10-25(19)31/h4-6,9-15,18H,7-8H2,1-3H3/t18-/m0/s1. The van der Waals surface area contributed by atoms with Gasteiger partial charge in [-0.05, 0) is 87.2 Å². The first-order valence-electron chi connectivity index (χ1n) is 10.9. The molecule has 1 aliphatic rings. The lowest BCUT2D eigenvalue weighted by Gasteiger charge is -2.35. The highest BCUT2D eigenvalue weighted by Gasteiger charge is 2.31. The van der Waals surface area contributed by atoms with Crippen molar-refractivity contribution >= 4 is 22.5 Å². The van der Waals surface area contributed by atoms with E-state index in [0.717, 1.165) is 51.8 Å². The van der Waals surface area contributed by atoms with E-state index in [4.69, 9.17) is 4.98 Å². The van der Waals surface area contributed by atoms with Gasteiger partial charge in [-0.15, -0.1) is 0 Å². The maximum absolute atomic E-state index is 14.1. The van der Waals surface area contributed by atoms with Gasteiger partial charge >= 0.3 is 0 Å². The molecule has 5 rings (SSSR count). The molecule has 0 fully saturated rings. The molecule has 0 N–H and O–H groups in total. The summed E-state index contributed by atoms with van der Waals surface area (Å²) in [6.45, 7) is 6.08. The van der Waals surface area contributed by atoms with Crippen LogP contribution in [-0.2, 0) is 6.42 Å². The number of anilines is 1. The molecule has 1 atom stereocenters. The number of carbonyl (C=O) groups excluding carboxylic acids is 1. The third kappa shape index (κ3) is 3.44. The molecule has 1 amide bonds. The third-order valence-corrected chi connectivity index (χ3v) is 6.20. The first kappa shape index (κ1) is 20.3. The predicted octanol–water partition coefficient (Wildman–Crippen LogP) is 6.03. The fraction of sp³-hybridized carbons (Fsp3) is 0.222. The van der Waals surface area contributed by atoms with E-state index in [1.807, 2.05) is 56.0 Å². The van der Waals surface area contributed by atoms with E-state index >= 15 is 0 Å². The van der Waals surface area contributed by atoms with Gasteiger partial charge in [0.15, 0.2) is 0 Å². The van der Waals surface area contributed by atoms with Crippen LogP contribution in [0.3, 0.4) is 0 Å². The molecule has 0 aliphatic carbocycles. The summed E-state index contributed by atoms with van der Waals surface area (Å²) in [7, 11) is 0. The zero-order chi connectivity index (χ0) is 22.4. The van der Waals surface area contributed by atoms with Crippen molar-refractivity contribution in [3.8, 4) is 11.4 Å². The van der Waals surface area contributed by atoms with Crippen molar-refractivity contribution in [2.24, 2.45) is 0 Å². The highest BCUT2D eigenvalue weighted by atomic mass is 19.1. The van der Waals surface area contributed by atoms with Crippen molar-refractivity contribution in [3.05, 3.63) is 88.9 Å². The molecular formula is C27H24FN3O. The average Bonchev–Trinajstić information content (AvgIpc) is 2.79. The predicted molar refractivity (Wildman–Crippen MR) is 125 cm³/mol. The van der Waals surface area contributed by atoms with Gasteiger partial charge < -0.3 is 4.90 Å². The fourth-order valence-corrected chi connectivity index (χ4v) is 4.66. The van der Waals surface area contributed by atoms with Crippen molar-refractivity contribution < 1.29 is 9.18 Å². The molecule has 0 saturated carbocycles. The minimum absolute atomic E-state index is 0.00730. The Morgan fingerprint density at radius 3 is 2.69 bits per heavy atom. The molecule has 0 radical (unpaired) electrons. The molecule has 3 heterocycles. The summed E-state index contributed by atoms with van der Waals surface area (Å²) in [5.41, 5.74) is 6.51. The topological polar surface area (TPSA) is 46.1 Å². The van der Waals surface area contributed by atoms with Crippen LogP contribution in [0.2, 0.25) is 0 Å². The molecule has 0 unspecified atom stereocenters. The van der Waals surface area contributed by atoms with Crippen LogP contribution < -0.4 is 4.90 Å². The number of aromatic nitrogens is 2. The van der Waals surface area contributed by atoms with Crippen LogP contribution in [0, 0.1) is 19.7 Å². The first-order chi connectivity index (χ1) is 15.4. The monoisotopic (exact) mass is 425 g/mol. The summed E-state index contributed by atoms with van der Waals surface area (Å²) >= 11 is 0. The number of pyridine rings is 2. The van der Waals surface area contributed by atoms with Crippen LogP contribution in [0.5, 0.6) is 0 Å². The molecule has 0 saturated heterocycles. The number of rotatable bonds is 2. The summed E-state index contributed by atoms with van der Waals surface area (Å²) in [6, 6.07) is 16.3. The highest BCUT2D eigenvalue weighted by Crippen LogP contribution is 2.35. The minimum atomic E-state index is -0.274. The maximum atomic E-state index is 14.1. The lowest BCUT2D eigenvalue weighted by molar-refractivity contribution is 0.0976. The Morgan fingerprint density at radius 2 is 1.91 bits per heavy atom. The van der Waals surface area contributed by atoms with Gasteiger partial charge in [0.25, 0.3) is 5.91 Å². The number of amides is 1. The number of fused-ring (bicyclic) bond motifs is 2. The van der Waals surface area contributed by atoms with Gasteiger partial charge in [0.05, 0.1) is 22.5 Å². The summed E-state index contributed by atoms with van der Waals surface area (Å²) in [4.78, 5) is 25.2. The van der Waals surface area contributed by atoms with E-state index in [1.165, 1.54) is 6.07 Å². The largest absolute Gasteiger partial charge is 0.305 e. The Hall–Kier alpha value is -3.60. The van der Waals surface area contributed by atoms with E-state index < -0.39 is 0 Å². The van der Waals surface area contributed by atoms with Crippen molar-refractivity contribution in [1.29, 1.82) is 0 Å². The van der Waals surface area contributed by atoms with Crippen LogP contribution in [0.1, 0.15) is 40.4 Å². The van der Waals surface area contributed by atoms with Gasteiger partial charge in [-0.1, -0.05) is 17.7 Å². The second-order valence-electron chi connectivity index (χ2n) is 8.58. The SMILES string of the molecule is Cc1cc(C)c2nc(-c3ccccn3)cc(C(=O)N3c4ccc(F)cc4CC[C@@H]3C)c2c1. The molecule has 32 heavy (non-hydrogen) atoms. The molecule has 4 aromatic rings. The molecule has 5 heteroatoms. The van der Waals surface area contributed by atoms with Gasteiger partial charge in [-0.2, -0.15) is 0 Å². The van der Waals surface area contributed by atoms with Crippen LogP contribution in [0.15, 0.2) is 60.8 Å². The van der Waals surface area contributed by atoms with Crippen LogP contribution in [0.4, 0.5) is 10.1 Å². The summed E-state index contributed by atoms with van der Waals surface area (Å²) < 4.78 is 13.9. The molecule has 0 spiro atoms. The third-order valence-electron chi connectivity index (χ3n) is 6.20. The Morgan fingerprint density at radius 1 is 1.06 bits per heavy atom. The summed E-state index contributed by atoms with van der Waals surface area (Å²) in [5, 5.41) is 0.827. The van der Waals surface area contributed by atoms with Crippen molar-refractivity contribution in [2.75, 3.05) is 4.90 Å².